The zero-order valence-electron chi connectivity index (χ0n) is 9.00. The van der Waals surface area contributed by atoms with E-state index in [1.165, 1.54) is 12.3 Å². The van der Waals surface area contributed by atoms with Gasteiger partial charge in [-0.1, -0.05) is 32.2 Å². The zero-order valence-corrected chi connectivity index (χ0v) is 9.00. The Hall–Kier alpha value is -1.70. The highest BCUT2D eigenvalue weighted by atomic mass is 19.1. The zero-order chi connectivity index (χ0) is 11.3. The van der Waals surface area contributed by atoms with E-state index in [0.717, 1.165) is 11.1 Å². The lowest BCUT2D eigenvalue weighted by Gasteiger charge is -2.03. The maximum absolute atomic E-state index is 13.3. The van der Waals surface area contributed by atoms with Crippen LogP contribution in [0.4, 0.5) is 4.39 Å². The number of aliphatic imine (C=N–C) groups is 1. The van der Waals surface area contributed by atoms with Crippen LogP contribution in [0.25, 0.3) is 5.57 Å². The molecular formula is C14H18FN. The average molecular weight is 219 g/mol. The van der Waals surface area contributed by atoms with Gasteiger partial charge in [0.2, 0.25) is 0 Å². The molecule has 0 amide bonds. The molecular weight excluding hydrogens is 201 g/mol. The van der Waals surface area contributed by atoms with E-state index in [9.17, 15) is 4.39 Å². The molecule has 0 aromatic heterocycles. The number of halogens is 1. The summed E-state index contributed by atoms with van der Waals surface area (Å²) in [4.78, 5) is 3.92. The van der Waals surface area contributed by atoms with Crippen LogP contribution in [0.1, 0.15) is 25.5 Å². The van der Waals surface area contributed by atoms with E-state index in [1.807, 2.05) is 19.1 Å². The largest absolute Gasteiger partial charge is 0.265 e. The molecule has 0 bridgehead atoms. The number of benzene rings is 1. The van der Waals surface area contributed by atoms with E-state index in [-0.39, 0.29) is 13.2 Å². The van der Waals surface area contributed by atoms with Gasteiger partial charge in [-0.2, -0.15) is 0 Å². The summed E-state index contributed by atoms with van der Waals surface area (Å²) in [5.74, 6) is -0.196. The van der Waals surface area contributed by atoms with Crippen LogP contribution in [-0.2, 0) is 0 Å². The van der Waals surface area contributed by atoms with E-state index >= 15 is 0 Å². The third-order valence-electron chi connectivity index (χ3n) is 2.14. The molecule has 0 aliphatic carbocycles. The van der Waals surface area contributed by atoms with E-state index in [1.54, 1.807) is 19.2 Å². The van der Waals surface area contributed by atoms with Gasteiger partial charge in [0.1, 0.15) is 5.82 Å². The number of hydrogen-bond acceptors (Lipinski definition) is 1. The van der Waals surface area contributed by atoms with Crippen LogP contribution in [0.2, 0.25) is 0 Å². The minimum Gasteiger partial charge on any atom is -0.265 e. The Morgan fingerprint density at radius 2 is 2.12 bits per heavy atom. The van der Waals surface area contributed by atoms with Gasteiger partial charge in [0, 0.05) is 12.4 Å². The molecule has 0 atom stereocenters. The van der Waals surface area contributed by atoms with Crippen LogP contribution < -0.4 is 0 Å². The Morgan fingerprint density at radius 1 is 1.44 bits per heavy atom. The number of rotatable bonds is 3. The average Bonchev–Trinajstić information content (AvgIpc) is 2.24. The van der Waals surface area contributed by atoms with Crippen LogP contribution in [0.15, 0.2) is 42.0 Å². The van der Waals surface area contributed by atoms with Crippen molar-refractivity contribution >= 4 is 11.8 Å². The Labute approximate surface area is 97.0 Å². The predicted molar refractivity (Wildman–Crippen MR) is 70.2 cm³/mol. The van der Waals surface area contributed by atoms with Crippen molar-refractivity contribution in [2.24, 2.45) is 4.99 Å². The summed E-state index contributed by atoms with van der Waals surface area (Å²) in [5, 5.41) is 0. The van der Waals surface area contributed by atoms with Crippen LogP contribution >= 0.6 is 0 Å². The molecule has 0 saturated carbocycles. The van der Waals surface area contributed by atoms with Crippen LogP contribution in [-0.4, -0.2) is 6.21 Å². The van der Waals surface area contributed by atoms with Crippen molar-refractivity contribution in [2.75, 3.05) is 0 Å². The fraction of sp³-hybridized carbons (Fsp3) is 0.214. The summed E-state index contributed by atoms with van der Waals surface area (Å²) in [7, 11) is 0. The van der Waals surface area contributed by atoms with Crippen LogP contribution in [0.5, 0.6) is 0 Å². The van der Waals surface area contributed by atoms with Crippen molar-refractivity contribution in [1.29, 1.82) is 0 Å². The van der Waals surface area contributed by atoms with Crippen molar-refractivity contribution in [2.45, 2.75) is 21.3 Å². The lowest BCUT2D eigenvalue weighted by molar-refractivity contribution is 0.618. The van der Waals surface area contributed by atoms with E-state index in [2.05, 4.69) is 11.6 Å². The predicted octanol–water partition coefficient (Wildman–Crippen LogP) is 4.39. The second kappa shape index (κ2) is 6.72. The molecule has 0 saturated heterocycles. The van der Waals surface area contributed by atoms with Gasteiger partial charge in [0.05, 0.1) is 0 Å². The minimum atomic E-state index is -0.196. The molecule has 1 aromatic carbocycles. The number of hydrogen-bond donors (Lipinski definition) is 0. The standard InChI is InChI=1S/C13H14FN.CH4/c1-4-11(9-15-5-2)12-7-6-10(3)13(14)8-12;/h4-9H,2H2,1,3H3;1H4/b11-4+,15-9?;. The molecule has 1 nitrogen and oxygen atoms in total. The molecule has 0 N–H and O–H groups in total. The lowest BCUT2D eigenvalue weighted by atomic mass is 10.0. The fourth-order valence-electron chi connectivity index (χ4n) is 1.22. The first kappa shape index (κ1) is 14.3. The Morgan fingerprint density at radius 3 is 2.62 bits per heavy atom. The molecule has 1 rings (SSSR count). The number of nitrogens with zero attached hydrogens (tertiary/aromatic N) is 1. The van der Waals surface area contributed by atoms with Crippen LogP contribution in [0, 0.1) is 12.7 Å². The first-order chi connectivity index (χ1) is 7.19. The first-order valence-electron chi connectivity index (χ1n) is 4.76. The quantitative estimate of drug-likeness (QED) is 0.669. The first-order valence-corrected chi connectivity index (χ1v) is 4.76. The molecule has 2 heteroatoms. The topological polar surface area (TPSA) is 12.4 Å². The van der Waals surface area contributed by atoms with E-state index in [4.69, 9.17) is 0 Å². The van der Waals surface area contributed by atoms with Crippen molar-refractivity contribution in [3.63, 3.8) is 0 Å². The molecule has 0 aliphatic rings. The third kappa shape index (κ3) is 3.46. The van der Waals surface area contributed by atoms with Crippen molar-refractivity contribution in [3.05, 3.63) is 54.0 Å². The van der Waals surface area contributed by atoms with Crippen molar-refractivity contribution in [1.82, 2.24) is 0 Å². The Bertz CT molecular complexity index is 417. The second-order valence-electron chi connectivity index (χ2n) is 3.17. The fourth-order valence-corrected chi connectivity index (χ4v) is 1.22. The summed E-state index contributed by atoms with van der Waals surface area (Å²) in [6, 6.07) is 5.15. The summed E-state index contributed by atoms with van der Waals surface area (Å²) in [6.07, 6.45) is 5.00. The number of allylic oxidation sites excluding steroid dienone is 2. The highest BCUT2D eigenvalue weighted by Gasteiger charge is 2.01. The molecule has 1 aromatic rings. The Kier molecular flexibility index (Phi) is 6.01. The van der Waals surface area contributed by atoms with Gasteiger partial charge in [-0.25, -0.2) is 4.39 Å². The number of aryl methyl sites for hydroxylation is 1. The summed E-state index contributed by atoms with van der Waals surface area (Å²) < 4.78 is 13.3. The maximum atomic E-state index is 13.3. The highest BCUT2D eigenvalue weighted by molar-refractivity contribution is 6.09. The van der Waals surface area contributed by atoms with Gasteiger partial charge in [-0.05, 0) is 36.6 Å². The maximum Gasteiger partial charge on any atom is 0.126 e. The van der Waals surface area contributed by atoms with Gasteiger partial charge < -0.3 is 0 Å². The summed E-state index contributed by atoms with van der Waals surface area (Å²) in [5.41, 5.74) is 2.36. The molecule has 0 radical (unpaired) electrons. The van der Waals surface area contributed by atoms with Crippen LogP contribution in [0.3, 0.4) is 0 Å². The molecule has 0 aliphatic heterocycles. The normalized spacial score (nSPS) is 11.3. The molecule has 0 unspecified atom stereocenters. The lowest BCUT2D eigenvalue weighted by Crippen LogP contribution is -1.89. The summed E-state index contributed by atoms with van der Waals surface area (Å²) in [6.45, 7) is 7.13. The summed E-state index contributed by atoms with van der Waals surface area (Å²) >= 11 is 0. The van der Waals surface area contributed by atoms with Gasteiger partial charge >= 0.3 is 0 Å². The second-order valence-corrected chi connectivity index (χ2v) is 3.17. The minimum absolute atomic E-state index is 0. The SMILES string of the molecule is C.C=CN=C/C(=C\C)c1ccc(C)c(F)c1. The van der Waals surface area contributed by atoms with Crippen molar-refractivity contribution < 1.29 is 4.39 Å². The van der Waals surface area contributed by atoms with Gasteiger partial charge in [0.25, 0.3) is 0 Å². The van der Waals surface area contributed by atoms with Gasteiger partial charge in [-0.15, -0.1) is 0 Å². The third-order valence-corrected chi connectivity index (χ3v) is 2.14. The molecule has 86 valence electrons. The highest BCUT2D eigenvalue weighted by Crippen LogP contribution is 2.16. The van der Waals surface area contributed by atoms with Crippen molar-refractivity contribution in [3.8, 4) is 0 Å². The monoisotopic (exact) mass is 219 g/mol. The molecule has 0 spiro atoms. The van der Waals surface area contributed by atoms with E-state index in [0.29, 0.717) is 5.56 Å². The molecule has 0 heterocycles. The van der Waals surface area contributed by atoms with Gasteiger partial charge in [0.15, 0.2) is 0 Å². The van der Waals surface area contributed by atoms with Gasteiger partial charge in [-0.3, -0.25) is 4.99 Å². The smallest absolute Gasteiger partial charge is 0.126 e. The van der Waals surface area contributed by atoms with E-state index < -0.39 is 0 Å². The molecule has 0 fully saturated rings. The molecule has 16 heavy (non-hydrogen) atoms. The Balaban J connectivity index is 0.00000225.